The maximum absolute atomic E-state index is 12.7. The molecule has 39 heavy (non-hydrogen) atoms. The summed E-state index contributed by atoms with van der Waals surface area (Å²) in [6.45, 7) is 1.03. The van der Waals surface area contributed by atoms with Gasteiger partial charge >= 0.3 is 5.97 Å². The smallest absolute Gasteiger partial charge is 0.338 e. The molecular formula is C28H22ClN3O6S. The first kappa shape index (κ1) is 27.6. The number of carbonyl (C=O) groups excluding carboxylic acids is 5. The Morgan fingerprint density at radius 2 is 1.62 bits per heavy atom. The Morgan fingerprint density at radius 3 is 2.31 bits per heavy atom. The largest absolute Gasteiger partial charge is 0.452 e. The maximum Gasteiger partial charge on any atom is 0.338 e. The molecule has 0 radical (unpaired) electrons. The molecule has 1 aliphatic heterocycles. The second-order valence-corrected chi connectivity index (χ2v) is 9.87. The van der Waals surface area contributed by atoms with Gasteiger partial charge in [0, 0.05) is 16.4 Å². The van der Waals surface area contributed by atoms with E-state index in [1.165, 1.54) is 18.2 Å². The van der Waals surface area contributed by atoms with Crippen LogP contribution in [-0.4, -0.2) is 47.0 Å². The number of thioether (sulfide) groups is 1. The van der Waals surface area contributed by atoms with Gasteiger partial charge in [-0.3, -0.25) is 24.1 Å². The first-order valence-corrected chi connectivity index (χ1v) is 12.8. The molecule has 9 nitrogen and oxygen atoms in total. The summed E-state index contributed by atoms with van der Waals surface area (Å²) in [5, 5.41) is 5.10. The van der Waals surface area contributed by atoms with Crippen LogP contribution in [0.2, 0.25) is 5.02 Å². The number of imide groups is 1. The fourth-order valence-corrected chi connectivity index (χ4v) is 4.49. The topological polar surface area (TPSA) is 122 Å². The number of aryl methyl sites for hydroxylation is 1. The SMILES string of the molecule is Cc1ccc(NC(=O)COC(=O)c2ccc(/C=C3\SC(=O)N(CC(=O)Nc4cccc(Cl)c4)C3=O)cc2)cc1. The highest BCUT2D eigenvalue weighted by Gasteiger charge is 2.36. The lowest BCUT2D eigenvalue weighted by Gasteiger charge is -2.12. The van der Waals surface area contributed by atoms with Gasteiger partial charge in [-0.15, -0.1) is 0 Å². The van der Waals surface area contributed by atoms with Crippen LogP contribution in [0.15, 0.2) is 77.7 Å². The number of benzene rings is 3. The molecular weight excluding hydrogens is 542 g/mol. The molecule has 1 saturated heterocycles. The summed E-state index contributed by atoms with van der Waals surface area (Å²) in [6.07, 6.45) is 1.49. The molecule has 1 heterocycles. The van der Waals surface area contributed by atoms with Crippen molar-refractivity contribution in [3.8, 4) is 0 Å². The lowest BCUT2D eigenvalue weighted by atomic mass is 10.1. The van der Waals surface area contributed by atoms with E-state index in [0.717, 1.165) is 10.5 Å². The molecule has 3 aromatic rings. The van der Waals surface area contributed by atoms with Crippen LogP contribution >= 0.6 is 23.4 Å². The Bertz CT molecular complexity index is 1470. The number of nitrogens with zero attached hydrogens (tertiary/aromatic N) is 1. The van der Waals surface area contributed by atoms with Crippen molar-refractivity contribution in [2.24, 2.45) is 0 Å². The molecule has 0 aliphatic carbocycles. The minimum absolute atomic E-state index is 0.138. The summed E-state index contributed by atoms with van der Waals surface area (Å²) >= 11 is 6.62. The quantitative estimate of drug-likeness (QED) is 0.288. The molecule has 11 heteroatoms. The van der Waals surface area contributed by atoms with Gasteiger partial charge in [0.1, 0.15) is 6.54 Å². The van der Waals surface area contributed by atoms with Crippen molar-refractivity contribution in [1.82, 2.24) is 4.90 Å². The lowest BCUT2D eigenvalue weighted by molar-refractivity contribution is -0.127. The van der Waals surface area contributed by atoms with Gasteiger partial charge in [0.25, 0.3) is 17.1 Å². The van der Waals surface area contributed by atoms with E-state index in [9.17, 15) is 24.0 Å². The number of esters is 1. The summed E-state index contributed by atoms with van der Waals surface area (Å²) in [5.74, 6) is -2.31. The van der Waals surface area contributed by atoms with Crippen LogP contribution in [0, 0.1) is 6.92 Å². The Labute approximate surface area is 233 Å². The summed E-state index contributed by atoms with van der Waals surface area (Å²) in [4.78, 5) is 62.8. The molecule has 0 saturated carbocycles. The summed E-state index contributed by atoms with van der Waals surface area (Å²) in [6, 6.07) is 19.8. The minimum Gasteiger partial charge on any atom is -0.452 e. The van der Waals surface area contributed by atoms with Crippen LogP contribution < -0.4 is 10.6 Å². The third-order valence-electron chi connectivity index (χ3n) is 5.40. The van der Waals surface area contributed by atoms with E-state index in [2.05, 4.69) is 10.6 Å². The van der Waals surface area contributed by atoms with E-state index >= 15 is 0 Å². The Balaban J connectivity index is 1.30. The first-order chi connectivity index (χ1) is 18.7. The van der Waals surface area contributed by atoms with Crippen molar-refractivity contribution in [2.45, 2.75) is 6.92 Å². The van der Waals surface area contributed by atoms with Crippen LogP contribution in [0.4, 0.5) is 16.2 Å². The number of hydrogen-bond acceptors (Lipinski definition) is 7. The minimum atomic E-state index is -0.688. The average Bonchev–Trinajstić information content (AvgIpc) is 3.16. The Kier molecular flexibility index (Phi) is 8.80. The number of hydrogen-bond donors (Lipinski definition) is 2. The van der Waals surface area contributed by atoms with Gasteiger partial charge in [0.15, 0.2) is 6.61 Å². The monoisotopic (exact) mass is 563 g/mol. The van der Waals surface area contributed by atoms with E-state index in [1.807, 2.05) is 19.1 Å². The number of ether oxygens (including phenoxy) is 1. The van der Waals surface area contributed by atoms with Crippen LogP contribution in [0.5, 0.6) is 0 Å². The molecule has 1 fully saturated rings. The fraction of sp³-hybridized carbons (Fsp3) is 0.107. The highest BCUT2D eigenvalue weighted by atomic mass is 35.5. The van der Waals surface area contributed by atoms with Gasteiger partial charge in [-0.1, -0.05) is 47.5 Å². The van der Waals surface area contributed by atoms with E-state index < -0.39 is 42.1 Å². The number of rotatable bonds is 8. The van der Waals surface area contributed by atoms with Crippen molar-refractivity contribution < 1.29 is 28.7 Å². The molecule has 0 atom stereocenters. The van der Waals surface area contributed by atoms with Gasteiger partial charge in [-0.25, -0.2) is 4.79 Å². The second-order valence-electron chi connectivity index (χ2n) is 8.44. The number of anilines is 2. The predicted molar refractivity (Wildman–Crippen MR) is 149 cm³/mol. The third-order valence-corrected chi connectivity index (χ3v) is 6.54. The zero-order valence-corrected chi connectivity index (χ0v) is 22.2. The normalized spacial score (nSPS) is 13.9. The van der Waals surface area contributed by atoms with Crippen LogP contribution in [0.25, 0.3) is 6.08 Å². The molecule has 4 rings (SSSR count). The standard InChI is InChI=1S/C28H22ClN3O6S/c1-17-5-11-21(12-6-17)30-25(34)16-38-27(36)19-9-7-18(8-10-19)13-23-26(35)32(28(37)39-23)15-24(33)31-22-4-2-3-20(29)14-22/h2-14H,15-16H2,1H3,(H,30,34)(H,31,33)/b23-13-. The van der Waals surface area contributed by atoms with E-state index in [4.69, 9.17) is 16.3 Å². The molecule has 0 aromatic heterocycles. The van der Waals surface area contributed by atoms with Gasteiger partial charge in [-0.05, 0) is 72.8 Å². The fourth-order valence-electron chi connectivity index (χ4n) is 3.46. The summed E-state index contributed by atoms with van der Waals surface area (Å²) in [7, 11) is 0. The molecule has 198 valence electrons. The van der Waals surface area contributed by atoms with Crippen molar-refractivity contribution >= 4 is 69.7 Å². The van der Waals surface area contributed by atoms with E-state index in [1.54, 1.807) is 48.5 Å². The molecule has 2 N–H and O–H groups in total. The summed E-state index contributed by atoms with van der Waals surface area (Å²) in [5.41, 5.74) is 2.85. The zero-order chi connectivity index (χ0) is 27.9. The van der Waals surface area contributed by atoms with Gasteiger partial charge in [0.05, 0.1) is 10.5 Å². The molecule has 1 aliphatic rings. The first-order valence-electron chi connectivity index (χ1n) is 11.6. The van der Waals surface area contributed by atoms with Gasteiger partial charge < -0.3 is 15.4 Å². The summed E-state index contributed by atoms with van der Waals surface area (Å²) < 4.78 is 5.07. The van der Waals surface area contributed by atoms with Gasteiger partial charge in [-0.2, -0.15) is 0 Å². The highest BCUT2D eigenvalue weighted by molar-refractivity contribution is 8.18. The molecule has 0 bridgehead atoms. The molecule has 3 aromatic carbocycles. The predicted octanol–water partition coefficient (Wildman–Crippen LogP) is 5.12. The van der Waals surface area contributed by atoms with Crippen LogP contribution in [-0.2, 0) is 19.1 Å². The zero-order valence-electron chi connectivity index (χ0n) is 20.6. The van der Waals surface area contributed by atoms with Crippen molar-refractivity contribution in [3.63, 3.8) is 0 Å². The lowest BCUT2D eigenvalue weighted by Crippen LogP contribution is -2.36. The second kappa shape index (κ2) is 12.4. The molecule has 0 spiro atoms. The van der Waals surface area contributed by atoms with Crippen molar-refractivity contribution in [1.29, 1.82) is 0 Å². The number of halogens is 1. The van der Waals surface area contributed by atoms with Crippen LogP contribution in [0.1, 0.15) is 21.5 Å². The van der Waals surface area contributed by atoms with Gasteiger partial charge in [0.2, 0.25) is 5.91 Å². The number of nitrogens with one attached hydrogen (secondary N) is 2. The number of carbonyl (C=O) groups is 5. The van der Waals surface area contributed by atoms with Crippen molar-refractivity contribution in [3.05, 3.63) is 99.4 Å². The van der Waals surface area contributed by atoms with Crippen LogP contribution in [0.3, 0.4) is 0 Å². The number of amides is 4. The highest BCUT2D eigenvalue weighted by Crippen LogP contribution is 2.32. The average molecular weight is 564 g/mol. The third kappa shape index (κ3) is 7.56. The van der Waals surface area contributed by atoms with E-state index in [0.29, 0.717) is 33.7 Å². The molecule has 0 unspecified atom stereocenters. The van der Waals surface area contributed by atoms with Crippen molar-refractivity contribution in [2.75, 3.05) is 23.8 Å². The Morgan fingerprint density at radius 1 is 0.923 bits per heavy atom. The maximum atomic E-state index is 12.7. The van der Waals surface area contributed by atoms with E-state index in [-0.39, 0.29) is 10.5 Å². The Hall–Kier alpha value is -4.41. The molecule has 4 amide bonds.